The second-order valence-electron chi connectivity index (χ2n) is 3.49. The number of esters is 1. The number of rotatable bonds is 3. The minimum Gasteiger partial charge on any atom is -0.463 e. The number of allylic oxidation sites excluding steroid dienone is 1. The molecular weight excluding hydrogens is 228 g/mol. The molecule has 0 aromatic heterocycles. The third kappa shape index (κ3) is 4.67. The van der Waals surface area contributed by atoms with Crippen LogP contribution in [0, 0.1) is 11.8 Å². The van der Waals surface area contributed by atoms with Crippen LogP contribution in [0.2, 0.25) is 0 Å². The predicted octanol–water partition coefficient (Wildman–Crippen LogP) is 2.36. The standard InChI is InChI=1S/C15H14O3/c1-3-18-15(17)7-5-4-6-13-8-10-14(11-9-13)12(2)16/h5,7-11H,3H2,1-2H3/b7-5-. The van der Waals surface area contributed by atoms with Crippen LogP contribution in [-0.4, -0.2) is 18.4 Å². The van der Waals surface area contributed by atoms with Gasteiger partial charge >= 0.3 is 5.97 Å². The zero-order valence-electron chi connectivity index (χ0n) is 10.4. The lowest BCUT2D eigenvalue weighted by molar-refractivity contribution is -0.137. The van der Waals surface area contributed by atoms with Crippen LogP contribution in [0.15, 0.2) is 36.4 Å². The van der Waals surface area contributed by atoms with Gasteiger partial charge < -0.3 is 4.74 Å². The average molecular weight is 242 g/mol. The zero-order valence-corrected chi connectivity index (χ0v) is 10.4. The summed E-state index contributed by atoms with van der Waals surface area (Å²) >= 11 is 0. The average Bonchev–Trinajstić information content (AvgIpc) is 2.35. The van der Waals surface area contributed by atoms with Crippen molar-refractivity contribution in [2.45, 2.75) is 13.8 Å². The van der Waals surface area contributed by atoms with Gasteiger partial charge in [-0.25, -0.2) is 4.79 Å². The molecule has 92 valence electrons. The number of ether oxygens (including phenoxy) is 1. The molecule has 0 aliphatic carbocycles. The summed E-state index contributed by atoms with van der Waals surface area (Å²) in [4.78, 5) is 22.0. The normalized spacial score (nSPS) is 9.67. The van der Waals surface area contributed by atoms with Crippen molar-refractivity contribution in [1.29, 1.82) is 0 Å². The quantitative estimate of drug-likeness (QED) is 0.354. The smallest absolute Gasteiger partial charge is 0.331 e. The number of carbonyl (C=O) groups excluding carboxylic acids is 2. The fraction of sp³-hybridized carbons (Fsp3) is 0.200. The number of hydrogen-bond acceptors (Lipinski definition) is 3. The highest BCUT2D eigenvalue weighted by molar-refractivity contribution is 5.94. The van der Waals surface area contributed by atoms with Crippen LogP contribution in [0.25, 0.3) is 0 Å². The Bertz CT molecular complexity index is 513. The van der Waals surface area contributed by atoms with Gasteiger partial charge in [-0.15, -0.1) is 0 Å². The summed E-state index contributed by atoms with van der Waals surface area (Å²) < 4.78 is 4.71. The molecule has 0 aliphatic heterocycles. The number of hydrogen-bond donors (Lipinski definition) is 0. The van der Waals surface area contributed by atoms with Crippen LogP contribution < -0.4 is 0 Å². The summed E-state index contributed by atoms with van der Waals surface area (Å²) in [6.45, 7) is 3.61. The van der Waals surface area contributed by atoms with Gasteiger partial charge in [0, 0.05) is 17.2 Å². The summed E-state index contributed by atoms with van der Waals surface area (Å²) in [5.41, 5.74) is 1.44. The first-order chi connectivity index (χ1) is 8.63. The molecule has 0 saturated heterocycles. The Morgan fingerprint density at radius 2 is 1.94 bits per heavy atom. The lowest BCUT2D eigenvalue weighted by atomic mass is 10.1. The molecule has 0 spiro atoms. The fourth-order valence-corrected chi connectivity index (χ4v) is 1.21. The Balaban J connectivity index is 2.63. The van der Waals surface area contributed by atoms with E-state index >= 15 is 0 Å². The highest BCUT2D eigenvalue weighted by Gasteiger charge is 1.96. The predicted molar refractivity (Wildman–Crippen MR) is 69.1 cm³/mol. The van der Waals surface area contributed by atoms with Crippen molar-refractivity contribution in [3.63, 3.8) is 0 Å². The maximum atomic E-state index is 11.1. The van der Waals surface area contributed by atoms with Crippen molar-refractivity contribution >= 4 is 11.8 Å². The maximum Gasteiger partial charge on any atom is 0.331 e. The number of ketones is 1. The summed E-state index contributed by atoms with van der Waals surface area (Å²) in [6, 6.07) is 6.98. The molecule has 0 aliphatic rings. The summed E-state index contributed by atoms with van der Waals surface area (Å²) in [7, 11) is 0. The van der Waals surface area contributed by atoms with Crippen LogP contribution in [0.5, 0.6) is 0 Å². The molecule has 0 radical (unpaired) electrons. The van der Waals surface area contributed by atoms with Gasteiger partial charge in [-0.3, -0.25) is 4.79 Å². The molecule has 1 aromatic rings. The van der Waals surface area contributed by atoms with E-state index in [1.807, 2.05) is 0 Å². The molecule has 0 N–H and O–H groups in total. The minimum atomic E-state index is -0.404. The van der Waals surface area contributed by atoms with Crippen LogP contribution in [0.1, 0.15) is 29.8 Å². The molecular formula is C15H14O3. The monoisotopic (exact) mass is 242 g/mol. The van der Waals surface area contributed by atoms with Gasteiger partial charge in [0.2, 0.25) is 0 Å². The second-order valence-corrected chi connectivity index (χ2v) is 3.49. The van der Waals surface area contributed by atoms with Crippen molar-refractivity contribution in [2.75, 3.05) is 6.61 Å². The van der Waals surface area contributed by atoms with Gasteiger partial charge in [0.1, 0.15) is 0 Å². The van der Waals surface area contributed by atoms with Gasteiger partial charge in [0.25, 0.3) is 0 Å². The Labute approximate surface area is 106 Å². The van der Waals surface area contributed by atoms with Gasteiger partial charge in [-0.05, 0) is 32.1 Å². The van der Waals surface area contributed by atoms with Crippen LogP contribution in [0.3, 0.4) is 0 Å². The first-order valence-electron chi connectivity index (χ1n) is 5.59. The Hall–Kier alpha value is -2.34. The molecule has 1 rings (SSSR count). The van der Waals surface area contributed by atoms with Gasteiger partial charge in [-0.1, -0.05) is 24.0 Å². The molecule has 18 heavy (non-hydrogen) atoms. The van der Waals surface area contributed by atoms with Crippen molar-refractivity contribution in [2.24, 2.45) is 0 Å². The first kappa shape index (κ1) is 13.7. The molecule has 3 nitrogen and oxygen atoms in total. The van der Waals surface area contributed by atoms with Crippen LogP contribution in [0.4, 0.5) is 0 Å². The molecule has 0 fully saturated rings. The summed E-state index contributed by atoms with van der Waals surface area (Å²) in [5.74, 6) is 5.20. The van der Waals surface area contributed by atoms with Crippen LogP contribution >= 0.6 is 0 Å². The van der Waals surface area contributed by atoms with Gasteiger partial charge in [0.15, 0.2) is 5.78 Å². The summed E-state index contributed by atoms with van der Waals surface area (Å²) in [5, 5.41) is 0. The first-order valence-corrected chi connectivity index (χ1v) is 5.59. The highest BCUT2D eigenvalue weighted by Crippen LogP contribution is 2.03. The highest BCUT2D eigenvalue weighted by atomic mass is 16.5. The van der Waals surface area contributed by atoms with E-state index in [4.69, 9.17) is 4.74 Å². The molecule has 0 heterocycles. The maximum absolute atomic E-state index is 11.1. The molecule has 0 amide bonds. The Morgan fingerprint density at radius 1 is 1.28 bits per heavy atom. The third-order valence-electron chi connectivity index (χ3n) is 2.10. The minimum absolute atomic E-state index is 0.0247. The zero-order chi connectivity index (χ0) is 13.4. The van der Waals surface area contributed by atoms with Gasteiger partial charge in [-0.2, -0.15) is 0 Å². The summed E-state index contributed by atoms with van der Waals surface area (Å²) in [6.07, 6.45) is 2.72. The SMILES string of the molecule is CCOC(=O)/C=C\C#Cc1ccc(C(C)=O)cc1. The lowest BCUT2D eigenvalue weighted by Gasteiger charge is -1.94. The number of benzene rings is 1. The molecule has 0 saturated carbocycles. The van der Waals surface area contributed by atoms with E-state index < -0.39 is 5.97 Å². The van der Waals surface area contributed by atoms with E-state index in [2.05, 4.69) is 11.8 Å². The molecule has 3 heteroatoms. The number of carbonyl (C=O) groups is 2. The Kier molecular flexibility index (Phi) is 5.40. The largest absolute Gasteiger partial charge is 0.463 e. The van der Waals surface area contributed by atoms with E-state index in [9.17, 15) is 9.59 Å². The fourth-order valence-electron chi connectivity index (χ4n) is 1.21. The molecule has 1 aromatic carbocycles. The lowest BCUT2D eigenvalue weighted by Crippen LogP contribution is -1.98. The second kappa shape index (κ2) is 7.08. The topological polar surface area (TPSA) is 43.4 Å². The molecule has 0 unspecified atom stereocenters. The molecule has 0 atom stereocenters. The van der Waals surface area contributed by atoms with Crippen molar-refractivity contribution in [3.8, 4) is 11.8 Å². The van der Waals surface area contributed by atoms with E-state index in [1.54, 1.807) is 31.2 Å². The van der Waals surface area contributed by atoms with Crippen molar-refractivity contribution < 1.29 is 14.3 Å². The molecule has 0 bridgehead atoms. The van der Waals surface area contributed by atoms with Crippen molar-refractivity contribution in [1.82, 2.24) is 0 Å². The van der Waals surface area contributed by atoms with Gasteiger partial charge in [0.05, 0.1) is 6.61 Å². The van der Waals surface area contributed by atoms with E-state index in [0.29, 0.717) is 12.2 Å². The number of Topliss-reactive ketones (excluding diaryl/α,β-unsaturated/α-hetero) is 1. The van der Waals surface area contributed by atoms with E-state index in [-0.39, 0.29) is 5.78 Å². The Morgan fingerprint density at radius 3 is 2.50 bits per heavy atom. The van der Waals surface area contributed by atoms with Crippen LogP contribution in [-0.2, 0) is 9.53 Å². The van der Waals surface area contributed by atoms with Crippen molar-refractivity contribution in [3.05, 3.63) is 47.5 Å². The van der Waals surface area contributed by atoms with E-state index in [0.717, 1.165) is 5.56 Å². The van der Waals surface area contributed by atoms with E-state index in [1.165, 1.54) is 19.1 Å². The third-order valence-corrected chi connectivity index (χ3v) is 2.10.